The number of aryl methyl sites for hydroxylation is 1. The van der Waals surface area contributed by atoms with Gasteiger partial charge in [0.05, 0.1) is 4.92 Å². The van der Waals surface area contributed by atoms with Gasteiger partial charge >= 0.3 is 5.97 Å². The number of nitrogens with one attached hydrogen (secondary N) is 1. The fourth-order valence-corrected chi connectivity index (χ4v) is 3.59. The van der Waals surface area contributed by atoms with Gasteiger partial charge in [-0.05, 0) is 36.7 Å². The number of hydrogen-bond donors (Lipinski definition) is 2. The number of thioether (sulfide) groups is 1. The van der Waals surface area contributed by atoms with Crippen molar-refractivity contribution in [1.82, 2.24) is 15.2 Å². The molecule has 142 valence electrons. The molecule has 27 heavy (non-hydrogen) atoms. The Balaban J connectivity index is 2.00. The van der Waals surface area contributed by atoms with Crippen molar-refractivity contribution >= 4 is 35.2 Å². The lowest BCUT2D eigenvalue weighted by Crippen LogP contribution is -2.18. The zero-order valence-electron chi connectivity index (χ0n) is 14.7. The van der Waals surface area contributed by atoms with Crippen LogP contribution in [0.2, 0.25) is 0 Å². The first-order valence-corrected chi connectivity index (χ1v) is 9.37. The molecule has 1 aromatic heterocycles. The number of carboxylic acids is 1. The van der Waals surface area contributed by atoms with E-state index in [-0.39, 0.29) is 10.6 Å². The Labute approximate surface area is 159 Å². The van der Waals surface area contributed by atoms with Gasteiger partial charge in [0.15, 0.2) is 0 Å². The molecule has 9 nitrogen and oxygen atoms in total. The summed E-state index contributed by atoms with van der Waals surface area (Å²) in [7, 11) is 0. The predicted molar refractivity (Wildman–Crippen MR) is 102 cm³/mol. The maximum absolute atomic E-state index is 11.7. The van der Waals surface area contributed by atoms with E-state index in [0.29, 0.717) is 23.0 Å². The molecule has 0 amide bonds. The molecule has 1 fully saturated rings. The smallest absolute Gasteiger partial charge is 0.342 e. The number of nitro groups is 1. The standard InChI is InChI=1S/C17H19N5O4S/c1-2-15-18-17(20-19-15)27-14(16(23)24)10-11-9-12(22(25)26)5-6-13(11)21-7-3-4-8-21/h5-6,9-10H,2-4,7-8H2,1H3,(H,23,24)(H,18,19,20)/b14-10+. The average Bonchev–Trinajstić information content (AvgIpc) is 3.32. The third kappa shape index (κ3) is 4.45. The number of H-pyrrole nitrogens is 1. The second-order valence-electron chi connectivity index (χ2n) is 6.03. The predicted octanol–water partition coefficient (Wildman–Crippen LogP) is 3.09. The van der Waals surface area contributed by atoms with Crippen LogP contribution in [0.3, 0.4) is 0 Å². The van der Waals surface area contributed by atoms with Crippen LogP contribution in [0.5, 0.6) is 0 Å². The first kappa shape index (κ1) is 18.9. The van der Waals surface area contributed by atoms with E-state index in [1.165, 1.54) is 18.2 Å². The van der Waals surface area contributed by atoms with Crippen molar-refractivity contribution in [2.45, 2.75) is 31.3 Å². The lowest BCUT2D eigenvalue weighted by Gasteiger charge is -2.20. The van der Waals surface area contributed by atoms with E-state index >= 15 is 0 Å². The molecule has 0 unspecified atom stereocenters. The minimum Gasteiger partial charge on any atom is -0.477 e. The molecule has 2 N–H and O–H groups in total. The van der Waals surface area contributed by atoms with Crippen molar-refractivity contribution in [2.75, 3.05) is 18.0 Å². The molecule has 2 heterocycles. The van der Waals surface area contributed by atoms with Gasteiger partial charge in [0.25, 0.3) is 5.69 Å². The molecule has 10 heteroatoms. The maximum Gasteiger partial charge on any atom is 0.342 e. The summed E-state index contributed by atoms with van der Waals surface area (Å²) < 4.78 is 0. The lowest BCUT2D eigenvalue weighted by atomic mass is 10.1. The SMILES string of the molecule is CCc1nc(S/C(=C/c2cc([N+](=O)[O-])ccc2N2CCCC2)C(=O)O)n[nH]1. The quantitative estimate of drug-likeness (QED) is 0.320. The summed E-state index contributed by atoms with van der Waals surface area (Å²) in [5.41, 5.74) is 1.22. The Bertz CT molecular complexity index is 889. The van der Waals surface area contributed by atoms with Crippen molar-refractivity contribution in [3.63, 3.8) is 0 Å². The zero-order chi connectivity index (χ0) is 19.4. The molecular formula is C17H19N5O4S. The fraction of sp³-hybridized carbons (Fsp3) is 0.353. The highest BCUT2D eigenvalue weighted by Gasteiger charge is 2.20. The summed E-state index contributed by atoms with van der Waals surface area (Å²) in [6.07, 6.45) is 4.19. The summed E-state index contributed by atoms with van der Waals surface area (Å²) in [5, 5.41) is 27.8. The van der Waals surface area contributed by atoms with Crippen molar-refractivity contribution in [1.29, 1.82) is 0 Å². The van der Waals surface area contributed by atoms with Gasteiger partial charge in [-0.1, -0.05) is 6.92 Å². The molecule has 0 bridgehead atoms. The Morgan fingerprint density at radius 2 is 2.19 bits per heavy atom. The van der Waals surface area contributed by atoms with Crippen LogP contribution < -0.4 is 4.90 Å². The second-order valence-corrected chi connectivity index (χ2v) is 7.04. The molecule has 1 saturated heterocycles. The van der Waals surface area contributed by atoms with Crippen LogP contribution in [-0.2, 0) is 11.2 Å². The second kappa shape index (κ2) is 8.21. The van der Waals surface area contributed by atoms with Crippen LogP contribution in [0.4, 0.5) is 11.4 Å². The molecule has 0 aliphatic carbocycles. The number of anilines is 1. The maximum atomic E-state index is 11.7. The number of carbonyl (C=O) groups is 1. The zero-order valence-corrected chi connectivity index (χ0v) is 15.5. The highest BCUT2D eigenvalue weighted by molar-refractivity contribution is 8.04. The van der Waals surface area contributed by atoms with Gasteiger partial charge in [0.1, 0.15) is 10.7 Å². The van der Waals surface area contributed by atoms with Crippen LogP contribution in [-0.4, -0.2) is 44.3 Å². The summed E-state index contributed by atoms with van der Waals surface area (Å²) in [6.45, 7) is 3.60. The van der Waals surface area contributed by atoms with Gasteiger partial charge in [-0.15, -0.1) is 5.10 Å². The van der Waals surface area contributed by atoms with Gasteiger partial charge in [0.2, 0.25) is 5.16 Å². The lowest BCUT2D eigenvalue weighted by molar-refractivity contribution is -0.384. The van der Waals surface area contributed by atoms with E-state index in [0.717, 1.165) is 43.4 Å². The Morgan fingerprint density at radius 3 is 2.78 bits per heavy atom. The van der Waals surface area contributed by atoms with Crippen LogP contribution in [0.15, 0.2) is 28.3 Å². The van der Waals surface area contributed by atoms with Crippen LogP contribution in [0, 0.1) is 10.1 Å². The first-order valence-electron chi connectivity index (χ1n) is 8.55. The van der Waals surface area contributed by atoms with E-state index in [4.69, 9.17) is 0 Å². The number of rotatable bonds is 7. The number of nitro benzene ring substituents is 1. The van der Waals surface area contributed by atoms with Crippen LogP contribution in [0.25, 0.3) is 6.08 Å². The highest BCUT2D eigenvalue weighted by atomic mass is 32.2. The van der Waals surface area contributed by atoms with Gasteiger partial charge < -0.3 is 10.0 Å². The average molecular weight is 389 g/mol. The molecule has 0 spiro atoms. The van der Waals surface area contributed by atoms with E-state index in [1.807, 2.05) is 6.92 Å². The normalized spacial score (nSPS) is 14.6. The van der Waals surface area contributed by atoms with Crippen molar-refractivity contribution in [3.8, 4) is 0 Å². The molecule has 0 atom stereocenters. The molecule has 2 aromatic rings. The van der Waals surface area contributed by atoms with E-state index < -0.39 is 10.9 Å². The van der Waals surface area contributed by atoms with Crippen molar-refractivity contribution in [2.24, 2.45) is 0 Å². The van der Waals surface area contributed by atoms with E-state index in [2.05, 4.69) is 20.1 Å². The molecule has 1 aliphatic rings. The number of nitrogens with zero attached hydrogens (tertiary/aromatic N) is 4. The molecule has 1 aromatic carbocycles. The van der Waals surface area contributed by atoms with Gasteiger partial charge in [-0.2, -0.15) is 0 Å². The number of aliphatic carboxylic acids is 1. The van der Waals surface area contributed by atoms with Crippen LogP contribution in [0.1, 0.15) is 31.2 Å². The Kier molecular flexibility index (Phi) is 5.75. The summed E-state index contributed by atoms with van der Waals surface area (Å²) in [4.78, 5) is 28.7. The Morgan fingerprint density at radius 1 is 1.44 bits per heavy atom. The minimum absolute atomic E-state index is 0.00222. The van der Waals surface area contributed by atoms with Crippen molar-refractivity contribution in [3.05, 3.63) is 44.6 Å². The highest BCUT2D eigenvalue weighted by Crippen LogP contribution is 2.33. The number of benzene rings is 1. The third-order valence-corrected chi connectivity index (χ3v) is 5.09. The topological polar surface area (TPSA) is 125 Å². The number of aromatic amines is 1. The molecule has 0 saturated carbocycles. The summed E-state index contributed by atoms with van der Waals surface area (Å²) >= 11 is 0.913. The van der Waals surface area contributed by atoms with Gasteiger partial charge in [0, 0.05) is 42.9 Å². The number of aromatic nitrogens is 3. The largest absolute Gasteiger partial charge is 0.477 e. The first-order chi connectivity index (χ1) is 13.0. The third-order valence-electron chi connectivity index (χ3n) is 4.21. The number of non-ortho nitro benzene ring substituents is 1. The monoisotopic (exact) mass is 389 g/mol. The number of hydrogen-bond acceptors (Lipinski definition) is 7. The summed E-state index contributed by atoms with van der Waals surface area (Å²) in [6, 6.07) is 4.54. The van der Waals surface area contributed by atoms with Gasteiger partial charge in [-0.25, -0.2) is 9.78 Å². The molecule has 0 radical (unpaired) electrons. The van der Waals surface area contributed by atoms with Crippen LogP contribution >= 0.6 is 11.8 Å². The Hall–Kier alpha value is -2.88. The van der Waals surface area contributed by atoms with Gasteiger partial charge in [-0.3, -0.25) is 15.2 Å². The van der Waals surface area contributed by atoms with Crippen molar-refractivity contribution < 1.29 is 14.8 Å². The summed E-state index contributed by atoms with van der Waals surface area (Å²) in [5.74, 6) is -0.475. The minimum atomic E-state index is -1.14. The van der Waals surface area contributed by atoms with E-state index in [1.54, 1.807) is 6.07 Å². The number of carboxylic acid groups (broad SMARTS) is 1. The molecule has 3 rings (SSSR count). The fourth-order valence-electron chi connectivity index (χ4n) is 2.87. The molecular weight excluding hydrogens is 370 g/mol. The molecule has 1 aliphatic heterocycles. The van der Waals surface area contributed by atoms with E-state index in [9.17, 15) is 20.0 Å².